The van der Waals surface area contributed by atoms with Crippen LogP contribution in [0, 0.1) is 5.92 Å². The number of hydrogen-bond donors (Lipinski definition) is 1. The van der Waals surface area contributed by atoms with Gasteiger partial charge >= 0.3 is 0 Å². The minimum Gasteiger partial charge on any atom is -0.311 e. The molecule has 0 aromatic heterocycles. The van der Waals surface area contributed by atoms with E-state index in [4.69, 9.17) is 0 Å². The minimum atomic E-state index is 0.603. The average Bonchev–Trinajstić information content (AvgIpc) is 1.87. The molecule has 0 saturated heterocycles. The van der Waals surface area contributed by atoms with Crippen LogP contribution in [0.5, 0.6) is 0 Å². The number of amidine groups is 1. The van der Waals surface area contributed by atoms with Gasteiger partial charge < -0.3 is 5.43 Å². The van der Waals surface area contributed by atoms with Crippen LogP contribution in [0.25, 0.3) is 0 Å². The molecule has 1 N–H and O–H groups in total. The largest absolute Gasteiger partial charge is 0.311 e. The maximum absolute atomic E-state index is 4.12. The van der Waals surface area contributed by atoms with E-state index in [9.17, 15) is 0 Å². The van der Waals surface area contributed by atoms with Crippen molar-refractivity contribution in [2.24, 2.45) is 16.0 Å². The van der Waals surface area contributed by atoms with E-state index in [0.29, 0.717) is 5.92 Å². The molecular weight excluding hydrogens is 138 g/mol. The van der Waals surface area contributed by atoms with E-state index in [-0.39, 0.29) is 0 Å². The second-order valence-electron chi connectivity index (χ2n) is 2.74. The van der Waals surface area contributed by atoms with Crippen LogP contribution in [0.3, 0.4) is 0 Å². The van der Waals surface area contributed by atoms with Crippen molar-refractivity contribution in [3.05, 3.63) is 0 Å². The van der Waals surface area contributed by atoms with E-state index >= 15 is 0 Å². The molecule has 0 aromatic rings. The summed E-state index contributed by atoms with van der Waals surface area (Å²) in [6, 6.07) is 0. The van der Waals surface area contributed by atoms with Crippen LogP contribution in [0.4, 0.5) is 0 Å². The molecule has 64 valence electrons. The summed E-state index contributed by atoms with van der Waals surface area (Å²) in [6.45, 7) is 6.19. The highest BCUT2D eigenvalue weighted by atomic mass is 15.3. The summed E-state index contributed by atoms with van der Waals surface area (Å²) in [5, 5.41) is 4.02. The van der Waals surface area contributed by atoms with Crippen LogP contribution in [-0.2, 0) is 0 Å². The van der Waals surface area contributed by atoms with Crippen LogP contribution in [0.1, 0.15) is 27.2 Å². The fourth-order valence-corrected chi connectivity index (χ4v) is 0.770. The van der Waals surface area contributed by atoms with Gasteiger partial charge in [-0.25, -0.2) is 4.99 Å². The predicted octanol–water partition coefficient (Wildman–Crippen LogP) is 1.66. The van der Waals surface area contributed by atoms with Gasteiger partial charge in [0.25, 0.3) is 0 Å². The molecule has 0 aliphatic rings. The van der Waals surface area contributed by atoms with Crippen LogP contribution in [0.15, 0.2) is 10.1 Å². The van der Waals surface area contributed by atoms with Gasteiger partial charge in [0.15, 0.2) is 0 Å². The van der Waals surface area contributed by atoms with Crippen LogP contribution < -0.4 is 5.43 Å². The smallest absolute Gasteiger partial charge is 0.147 e. The first-order valence-corrected chi connectivity index (χ1v) is 3.92. The molecule has 0 heterocycles. The van der Waals surface area contributed by atoms with Gasteiger partial charge in [-0.1, -0.05) is 13.8 Å². The summed E-state index contributed by atoms with van der Waals surface area (Å²) in [4.78, 5) is 4.12. The normalized spacial score (nSPS) is 13.0. The van der Waals surface area contributed by atoms with Gasteiger partial charge in [-0.2, -0.15) is 5.10 Å². The molecule has 0 amide bonds. The molecule has 3 nitrogen and oxygen atoms in total. The minimum absolute atomic E-state index is 0.603. The van der Waals surface area contributed by atoms with Crippen molar-refractivity contribution in [1.29, 1.82) is 0 Å². The number of aliphatic imine (C=N–C) groups is 1. The summed E-state index contributed by atoms with van der Waals surface area (Å²) in [5.41, 5.74) is 2.73. The first-order valence-electron chi connectivity index (χ1n) is 3.92. The number of nitrogens with zero attached hydrogens (tertiary/aromatic N) is 2. The maximum Gasteiger partial charge on any atom is 0.147 e. The van der Waals surface area contributed by atoms with Gasteiger partial charge in [-0.05, 0) is 12.8 Å². The topological polar surface area (TPSA) is 36.8 Å². The molecule has 0 spiro atoms. The Morgan fingerprint density at radius 3 is 2.55 bits per heavy atom. The van der Waals surface area contributed by atoms with Crippen molar-refractivity contribution in [3.63, 3.8) is 0 Å². The molecule has 11 heavy (non-hydrogen) atoms. The first-order chi connectivity index (χ1) is 5.20. The third kappa shape index (κ3) is 5.58. The van der Waals surface area contributed by atoms with Crippen LogP contribution in [0.2, 0.25) is 0 Å². The van der Waals surface area contributed by atoms with Crippen molar-refractivity contribution < 1.29 is 0 Å². The van der Waals surface area contributed by atoms with Gasteiger partial charge in [0.1, 0.15) is 5.84 Å². The maximum atomic E-state index is 4.12. The summed E-state index contributed by atoms with van der Waals surface area (Å²) in [5.74, 6) is 1.47. The van der Waals surface area contributed by atoms with Crippen molar-refractivity contribution in [1.82, 2.24) is 5.43 Å². The van der Waals surface area contributed by atoms with Crippen LogP contribution in [-0.4, -0.2) is 19.1 Å². The first kappa shape index (κ1) is 10.1. The molecule has 3 heteroatoms. The lowest BCUT2D eigenvalue weighted by Gasteiger charge is -2.02. The van der Waals surface area contributed by atoms with Gasteiger partial charge in [0.2, 0.25) is 0 Å². The molecule has 0 bridgehead atoms. The summed E-state index contributed by atoms with van der Waals surface area (Å²) in [7, 11) is 1.78. The molecular formula is C8H17N3. The standard InChI is InChI=1S/C8H17N3/c1-5-10-8(11-9-4)6-7(2)3/h5,7,9H,6H2,1-4H3/b10-5-,11-8-. The fraction of sp³-hybridized carbons (Fsp3) is 0.750. The third-order valence-corrected chi connectivity index (χ3v) is 1.11. The molecule has 0 aliphatic heterocycles. The Hall–Kier alpha value is -0.860. The molecule has 0 saturated carbocycles. The highest BCUT2D eigenvalue weighted by Crippen LogP contribution is 2.01. The van der Waals surface area contributed by atoms with Gasteiger partial charge in [0, 0.05) is 19.7 Å². The lowest BCUT2D eigenvalue weighted by Crippen LogP contribution is -2.06. The Kier molecular flexibility index (Phi) is 5.43. The monoisotopic (exact) mass is 155 g/mol. The number of hydrogen-bond acceptors (Lipinski definition) is 2. The highest BCUT2D eigenvalue weighted by molar-refractivity contribution is 5.88. The van der Waals surface area contributed by atoms with Crippen LogP contribution >= 0.6 is 0 Å². The van der Waals surface area contributed by atoms with Crippen molar-refractivity contribution in [3.8, 4) is 0 Å². The molecule has 0 aromatic carbocycles. The number of hydrazone groups is 1. The van der Waals surface area contributed by atoms with Gasteiger partial charge in [-0.15, -0.1) is 0 Å². The Bertz CT molecular complexity index is 147. The zero-order valence-corrected chi connectivity index (χ0v) is 7.76. The summed E-state index contributed by atoms with van der Waals surface area (Å²) < 4.78 is 0. The zero-order chi connectivity index (χ0) is 8.69. The van der Waals surface area contributed by atoms with Gasteiger partial charge in [-0.3, -0.25) is 0 Å². The van der Waals surface area contributed by atoms with E-state index < -0.39 is 0 Å². The summed E-state index contributed by atoms with van der Waals surface area (Å²) in [6.07, 6.45) is 2.68. The number of rotatable bonds is 3. The van der Waals surface area contributed by atoms with Crippen molar-refractivity contribution in [2.45, 2.75) is 27.2 Å². The van der Waals surface area contributed by atoms with Crippen molar-refractivity contribution >= 4 is 12.1 Å². The number of nitrogens with one attached hydrogen (secondary N) is 1. The van der Waals surface area contributed by atoms with E-state index in [1.54, 1.807) is 13.3 Å². The molecule has 0 fully saturated rings. The molecule has 0 rings (SSSR count). The third-order valence-electron chi connectivity index (χ3n) is 1.11. The van der Waals surface area contributed by atoms with Crippen molar-refractivity contribution in [2.75, 3.05) is 7.05 Å². The molecule has 0 aliphatic carbocycles. The van der Waals surface area contributed by atoms with E-state index in [1.165, 1.54) is 0 Å². The Morgan fingerprint density at radius 2 is 2.18 bits per heavy atom. The second-order valence-corrected chi connectivity index (χ2v) is 2.74. The lowest BCUT2D eigenvalue weighted by atomic mass is 10.1. The SMILES string of the molecule is C/C=N\C(CC(C)C)=N/NC. The van der Waals surface area contributed by atoms with E-state index in [1.807, 2.05) is 6.92 Å². The zero-order valence-electron chi connectivity index (χ0n) is 7.76. The Balaban J connectivity index is 4.00. The van der Waals surface area contributed by atoms with E-state index in [2.05, 4.69) is 29.4 Å². The van der Waals surface area contributed by atoms with E-state index in [0.717, 1.165) is 12.3 Å². The average molecular weight is 155 g/mol. The molecule has 0 unspecified atom stereocenters. The second kappa shape index (κ2) is 5.89. The lowest BCUT2D eigenvalue weighted by molar-refractivity contribution is 0.675. The van der Waals surface area contributed by atoms with Gasteiger partial charge in [0.05, 0.1) is 0 Å². The highest BCUT2D eigenvalue weighted by Gasteiger charge is 1.99. The Morgan fingerprint density at radius 1 is 1.55 bits per heavy atom. The quantitative estimate of drug-likeness (QED) is 0.375. The molecule has 0 radical (unpaired) electrons. The fourth-order valence-electron chi connectivity index (χ4n) is 0.770. The molecule has 0 atom stereocenters. The predicted molar refractivity (Wildman–Crippen MR) is 50.1 cm³/mol. The Labute approximate surface area is 68.6 Å². The summed E-state index contributed by atoms with van der Waals surface area (Å²) >= 11 is 0.